The fourth-order valence-electron chi connectivity index (χ4n) is 1.05. The van der Waals surface area contributed by atoms with Crippen LogP contribution in [0.1, 0.15) is 5.56 Å². The van der Waals surface area contributed by atoms with Crippen LogP contribution in [0.5, 0.6) is 11.6 Å². The fourth-order valence-corrected chi connectivity index (χ4v) is 1.49. The molecule has 2 nitrogen and oxygen atoms in total. The molecule has 0 spiro atoms. The maximum Gasteiger partial charge on any atom is 0.230 e. The van der Waals surface area contributed by atoms with Crippen LogP contribution in [0, 0.1) is 6.92 Å². The maximum absolute atomic E-state index is 5.50. The summed E-state index contributed by atoms with van der Waals surface area (Å²) in [6.45, 7) is 2.04. The van der Waals surface area contributed by atoms with E-state index in [0.29, 0.717) is 5.88 Å². The lowest BCUT2D eigenvalue weighted by atomic mass is 10.2. The molecule has 0 aliphatic rings. The van der Waals surface area contributed by atoms with Crippen LogP contribution in [0.25, 0.3) is 0 Å². The Morgan fingerprint density at radius 1 is 1.31 bits per heavy atom. The van der Waals surface area contributed by atoms with E-state index >= 15 is 0 Å². The van der Waals surface area contributed by atoms with Gasteiger partial charge in [0, 0.05) is 11.4 Å². The van der Waals surface area contributed by atoms with Gasteiger partial charge in [0.05, 0.1) is 0 Å². The molecule has 0 fully saturated rings. The molecule has 1 heterocycles. The third-order valence-electron chi connectivity index (χ3n) is 1.63. The van der Waals surface area contributed by atoms with Gasteiger partial charge in [0.15, 0.2) is 0 Å². The third kappa shape index (κ3) is 2.06. The number of aryl methyl sites for hydroxylation is 1. The van der Waals surface area contributed by atoms with Gasteiger partial charge in [-0.25, -0.2) is 0 Å². The van der Waals surface area contributed by atoms with Crippen molar-refractivity contribution in [3.8, 4) is 11.6 Å². The predicted octanol–water partition coefficient (Wildman–Crippen LogP) is 3.24. The lowest BCUT2D eigenvalue weighted by Gasteiger charge is -2.01. The predicted molar refractivity (Wildman–Crippen MR) is 53.4 cm³/mol. The van der Waals surface area contributed by atoms with E-state index in [1.54, 1.807) is 0 Å². The van der Waals surface area contributed by atoms with Gasteiger partial charge in [0.25, 0.3) is 0 Å². The van der Waals surface area contributed by atoms with Crippen molar-refractivity contribution in [2.75, 3.05) is 0 Å². The first kappa shape index (κ1) is 8.26. The fraction of sp³-hybridized carbons (Fsp3) is 0.100. The van der Waals surface area contributed by atoms with Gasteiger partial charge in [0.1, 0.15) is 5.75 Å². The van der Waals surface area contributed by atoms with E-state index in [2.05, 4.69) is 4.37 Å². The molecule has 1 aromatic carbocycles. The minimum Gasteiger partial charge on any atom is -0.438 e. The van der Waals surface area contributed by atoms with E-state index in [9.17, 15) is 0 Å². The molecule has 66 valence electrons. The van der Waals surface area contributed by atoms with Gasteiger partial charge < -0.3 is 4.74 Å². The summed E-state index contributed by atoms with van der Waals surface area (Å²) in [5.41, 5.74) is 1.19. The smallest absolute Gasteiger partial charge is 0.230 e. The summed E-state index contributed by atoms with van der Waals surface area (Å²) in [5.74, 6) is 1.50. The standard InChI is InChI=1S/C10H9NOS/c1-8-3-2-4-9(7-8)12-10-5-6-13-11-10/h2-7H,1H3. The summed E-state index contributed by atoms with van der Waals surface area (Å²) in [6, 6.07) is 9.77. The van der Waals surface area contributed by atoms with Crippen LogP contribution >= 0.6 is 11.5 Å². The number of rotatable bonds is 2. The zero-order chi connectivity index (χ0) is 9.10. The molecule has 2 rings (SSSR count). The van der Waals surface area contributed by atoms with Gasteiger partial charge in [-0.15, -0.1) is 0 Å². The van der Waals surface area contributed by atoms with Crippen molar-refractivity contribution in [1.29, 1.82) is 0 Å². The molecule has 13 heavy (non-hydrogen) atoms. The highest BCUT2D eigenvalue weighted by Gasteiger charge is 1.97. The molecule has 0 amide bonds. The number of ether oxygens (including phenoxy) is 1. The molecule has 0 unspecified atom stereocenters. The highest BCUT2D eigenvalue weighted by Crippen LogP contribution is 2.20. The maximum atomic E-state index is 5.50. The minimum absolute atomic E-state index is 0.663. The summed E-state index contributed by atoms with van der Waals surface area (Å²) < 4.78 is 9.56. The number of hydrogen-bond donors (Lipinski definition) is 0. The molecule has 0 aliphatic carbocycles. The first-order valence-electron chi connectivity index (χ1n) is 3.99. The quantitative estimate of drug-likeness (QED) is 0.727. The molecule has 0 bridgehead atoms. The Kier molecular flexibility index (Phi) is 2.27. The lowest BCUT2D eigenvalue weighted by Crippen LogP contribution is -1.83. The number of aromatic nitrogens is 1. The average Bonchev–Trinajstić information content (AvgIpc) is 2.57. The van der Waals surface area contributed by atoms with Crippen LogP contribution in [-0.4, -0.2) is 4.37 Å². The van der Waals surface area contributed by atoms with Crippen LogP contribution in [0.3, 0.4) is 0 Å². The van der Waals surface area contributed by atoms with E-state index in [-0.39, 0.29) is 0 Å². The van der Waals surface area contributed by atoms with Crippen molar-refractivity contribution in [3.63, 3.8) is 0 Å². The number of hydrogen-bond acceptors (Lipinski definition) is 3. The second kappa shape index (κ2) is 3.58. The van der Waals surface area contributed by atoms with Crippen molar-refractivity contribution in [2.24, 2.45) is 0 Å². The van der Waals surface area contributed by atoms with Crippen molar-refractivity contribution in [3.05, 3.63) is 41.3 Å². The Morgan fingerprint density at radius 3 is 2.92 bits per heavy atom. The Labute approximate surface area is 81.0 Å². The van der Waals surface area contributed by atoms with Gasteiger partial charge in [-0.1, -0.05) is 12.1 Å². The molecule has 0 saturated heterocycles. The molecule has 0 aliphatic heterocycles. The highest BCUT2D eigenvalue weighted by molar-refractivity contribution is 7.03. The summed E-state index contributed by atoms with van der Waals surface area (Å²) in [5, 5.41) is 1.89. The van der Waals surface area contributed by atoms with E-state index < -0.39 is 0 Å². The van der Waals surface area contributed by atoms with E-state index in [1.807, 2.05) is 42.6 Å². The molecular formula is C10H9NOS. The summed E-state index contributed by atoms with van der Waals surface area (Å²) in [7, 11) is 0. The Hall–Kier alpha value is -1.35. The number of nitrogens with zero attached hydrogens (tertiary/aromatic N) is 1. The number of benzene rings is 1. The summed E-state index contributed by atoms with van der Waals surface area (Å²) >= 11 is 1.39. The van der Waals surface area contributed by atoms with E-state index in [0.717, 1.165) is 5.75 Å². The molecule has 0 atom stereocenters. The van der Waals surface area contributed by atoms with Crippen molar-refractivity contribution in [1.82, 2.24) is 4.37 Å². The second-order valence-corrected chi connectivity index (χ2v) is 3.42. The molecule has 2 aromatic rings. The van der Waals surface area contributed by atoms with E-state index in [4.69, 9.17) is 4.74 Å². The second-order valence-electron chi connectivity index (χ2n) is 2.76. The molecule has 0 saturated carbocycles. The molecule has 0 radical (unpaired) electrons. The third-order valence-corrected chi connectivity index (χ3v) is 2.17. The van der Waals surface area contributed by atoms with Crippen LogP contribution in [0.4, 0.5) is 0 Å². The molecule has 3 heteroatoms. The van der Waals surface area contributed by atoms with Gasteiger partial charge in [-0.2, -0.15) is 4.37 Å². The first-order valence-corrected chi connectivity index (χ1v) is 4.83. The largest absolute Gasteiger partial charge is 0.438 e. The SMILES string of the molecule is Cc1cccc(Oc2ccsn2)c1. The summed E-state index contributed by atoms with van der Waals surface area (Å²) in [6.07, 6.45) is 0. The highest BCUT2D eigenvalue weighted by atomic mass is 32.1. The van der Waals surface area contributed by atoms with Crippen LogP contribution < -0.4 is 4.74 Å². The van der Waals surface area contributed by atoms with Gasteiger partial charge in [-0.05, 0) is 36.2 Å². The zero-order valence-corrected chi connectivity index (χ0v) is 8.04. The van der Waals surface area contributed by atoms with Gasteiger partial charge in [0.2, 0.25) is 5.88 Å². The molecular weight excluding hydrogens is 182 g/mol. The summed E-state index contributed by atoms with van der Waals surface area (Å²) in [4.78, 5) is 0. The van der Waals surface area contributed by atoms with Crippen LogP contribution in [-0.2, 0) is 0 Å². The van der Waals surface area contributed by atoms with Crippen LogP contribution in [0.2, 0.25) is 0 Å². The van der Waals surface area contributed by atoms with E-state index in [1.165, 1.54) is 17.1 Å². The van der Waals surface area contributed by atoms with Crippen molar-refractivity contribution < 1.29 is 4.74 Å². The molecule has 0 N–H and O–H groups in total. The molecule has 1 aromatic heterocycles. The van der Waals surface area contributed by atoms with Gasteiger partial charge >= 0.3 is 0 Å². The monoisotopic (exact) mass is 191 g/mol. The topological polar surface area (TPSA) is 22.1 Å². The zero-order valence-electron chi connectivity index (χ0n) is 7.23. The van der Waals surface area contributed by atoms with Gasteiger partial charge in [-0.3, -0.25) is 0 Å². The first-order chi connectivity index (χ1) is 6.34. The lowest BCUT2D eigenvalue weighted by molar-refractivity contribution is 0.468. The Morgan fingerprint density at radius 2 is 2.23 bits per heavy atom. The Bertz CT molecular complexity index is 384. The van der Waals surface area contributed by atoms with Crippen molar-refractivity contribution in [2.45, 2.75) is 6.92 Å². The van der Waals surface area contributed by atoms with Crippen molar-refractivity contribution >= 4 is 11.5 Å². The normalized spacial score (nSPS) is 9.92. The Balaban J connectivity index is 2.19. The average molecular weight is 191 g/mol. The van der Waals surface area contributed by atoms with Crippen LogP contribution in [0.15, 0.2) is 35.7 Å². The minimum atomic E-state index is 0.663.